The molecule has 0 aliphatic carbocycles. The summed E-state index contributed by atoms with van der Waals surface area (Å²) >= 11 is 1.56. The van der Waals surface area contributed by atoms with Crippen LogP contribution in [0.1, 0.15) is 18.9 Å². The Bertz CT molecular complexity index is 414. The molecular weight excluding hydrogens is 230 g/mol. The molecule has 90 valence electrons. The van der Waals surface area contributed by atoms with Gasteiger partial charge in [0.05, 0.1) is 0 Å². The Morgan fingerprint density at radius 1 is 1.35 bits per heavy atom. The second-order valence-corrected chi connectivity index (χ2v) is 5.11. The molecule has 1 aliphatic heterocycles. The zero-order valence-corrected chi connectivity index (χ0v) is 10.8. The molecule has 0 radical (unpaired) electrons. The Morgan fingerprint density at radius 2 is 2.12 bits per heavy atom. The third kappa shape index (κ3) is 3.60. The van der Waals surface area contributed by atoms with Crippen molar-refractivity contribution in [1.82, 2.24) is 5.01 Å². The van der Waals surface area contributed by atoms with Crippen molar-refractivity contribution >= 4 is 22.6 Å². The van der Waals surface area contributed by atoms with Crippen LogP contribution in [0.3, 0.4) is 0 Å². The van der Waals surface area contributed by atoms with E-state index in [0.29, 0.717) is 5.17 Å². The standard InChI is InChI=1S/C13H17N3S/c1-11-10-17-13(14)16(15-11)9-5-8-12-6-3-2-4-7-12/h2-4,6-7,14H,5,8-10H2,1H3. The van der Waals surface area contributed by atoms with E-state index >= 15 is 0 Å². The molecule has 0 atom stereocenters. The molecule has 0 spiro atoms. The first kappa shape index (κ1) is 12.2. The number of hydrazone groups is 1. The zero-order valence-electron chi connectivity index (χ0n) is 10.0. The molecule has 1 aromatic carbocycles. The van der Waals surface area contributed by atoms with Crippen molar-refractivity contribution in [3.05, 3.63) is 35.9 Å². The molecule has 1 heterocycles. The zero-order chi connectivity index (χ0) is 12.1. The van der Waals surface area contributed by atoms with E-state index in [1.54, 1.807) is 11.8 Å². The summed E-state index contributed by atoms with van der Waals surface area (Å²) in [4.78, 5) is 0. The molecule has 2 rings (SSSR count). The van der Waals surface area contributed by atoms with Crippen LogP contribution in [-0.2, 0) is 6.42 Å². The van der Waals surface area contributed by atoms with Crippen LogP contribution >= 0.6 is 11.8 Å². The highest BCUT2D eigenvalue weighted by Gasteiger charge is 2.14. The fourth-order valence-electron chi connectivity index (χ4n) is 1.76. The predicted octanol–water partition coefficient (Wildman–Crippen LogP) is 2.98. The largest absolute Gasteiger partial charge is 0.277 e. The highest BCUT2D eigenvalue weighted by atomic mass is 32.2. The molecule has 0 saturated carbocycles. The van der Waals surface area contributed by atoms with Crippen LogP contribution in [0.15, 0.2) is 35.4 Å². The third-order valence-corrected chi connectivity index (χ3v) is 3.67. The first-order valence-corrected chi connectivity index (χ1v) is 6.81. The monoisotopic (exact) mass is 247 g/mol. The number of benzene rings is 1. The summed E-state index contributed by atoms with van der Waals surface area (Å²) in [6.45, 7) is 2.85. The molecular formula is C13H17N3S. The van der Waals surface area contributed by atoms with Crippen molar-refractivity contribution in [3.63, 3.8) is 0 Å². The molecule has 0 amide bonds. The summed E-state index contributed by atoms with van der Waals surface area (Å²) in [5.41, 5.74) is 2.45. The Balaban J connectivity index is 1.82. The van der Waals surface area contributed by atoms with Crippen LogP contribution in [0.2, 0.25) is 0 Å². The van der Waals surface area contributed by atoms with E-state index in [2.05, 4.69) is 29.4 Å². The average molecular weight is 247 g/mol. The maximum atomic E-state index is 7.80. The molecule has 1 aliphatic rings. The maximum Gasteiger partial charge on any atom is 0.177 e. The Kier molecular flexibility index (Phi) is 4.20. The summed E-state index contributed by atoms with van der Waals surface area (Å²) in [7, 11) is 0. The van der Waals surface area contributed by atoms with E-state index < -0.39 is 0 Å². The van der Waals surface area contributed by atoms with E-state index in [0.717, 1.165) is 30.9 Å². The summed E-state index contributed by atoms with van der Waals surface area (Å²) in [5, 5.41) is 14.6. The number of nitrogens with one attached hydrogen (secondary N) is 1. The van der Waals surface area contributed by atoms with Crippen LogP contribution in [-0.4, -0.2) is 28.2 Å². The van der Waals surface area contributed by atoms with Crippen LogP contribution in [0, 0.1) is 5.41 Å². The van der Waals surface area contributed by atoms with Gasteiger partial charge < -0.3 is 0 Å². The smallest absolute Gasteiger partial charge is 0.177 e. The molecule has 1 N–H and O–H groups in total. The molecule has 4 heteroatoms. The Labute approximate surface area is 106 Å². The van der Waals surface area contributed by atoms with Gasteiger partial charge in [-0.25, -0.2) is 5.01 Å². The SMILES string of the molecule is CC1=NN(CCCc2ccccc2)C(=N)SC1. The van der Waals surface area contributed by atoms with Crippen molar-refractivity contribution in [1.29, 1.82) is 5.41 Å². The number of hydrogen-bond donors (Lipinski definition) is 1. The number of thioether (sulfide) groups is 1. The topological polar surface area (TPSA) is 39.5 Å². The van der Waals surface area contributed by atoms with E-state index in [-0.39, 0.29) is 0 Å². The van der Waals surface area contributed by atoms with E-state index in [9.17, 15) is 0 Å². The highest BCUT2D eigenvalue weighted by molar-refractivity contribution is 8.14. The molecule has 1 aromatic rings. The number of amidine groups is 1. The quantitative estimate of drug-likeness (QED) is 0.888. The van der Waals surface area contributed by atoms with Gasteiger partial charge in [0.1, 0.15) is 0 Å². The number of nitrogens with zero attached hydrogens (tertiary/aromatic N) is 2. The van der Waals surface area contributed by atoms with Crippen molar-refractivity contribution in [2.75, 3.05) is 12.3 Å². The number of hydrogen-bond acceptors (Lipinski definition) is 3. The normalized spacial score (nSPS) is 15.9. The first-order chi connectivity index (χ1) is 8.25. The molecule has 0 unspecified atom stereocenters. The van der Waals surface area contributed by atoms with Gasteiger partial charge in [0.25, 0.3) is 0 Å². The summed E-state index contributed by atoms with van der Waals surface area (Å²) in [5.74, 6) is 0.855. The highest BCUT2D eigenvalue weighted by Crippen LogP contribution is 2.15. The van der Waals surface area contributed by atoms with E-state index in [1.807, 2.05) is 18.0 Å². The van der Waals surface area contributed by atoms with Gasteiger partial charge in [0.2, 0.25) is 0 Å². The lowest BCUT2D eigenvalue weighted by Crippen LogP contribution is -2.30. The minimum atomic E-state index is 0.573. The van der Waals surface area contributed by atoms with Crippen LogP contribution in [0.5, 0.6) is 0 Å². The Hall–Kier alpha value is -1.29. The van der Waals surface area contributed by atoms with Crippen LogP contribution in [0.25, 0.3) is 0 Å². The van der Waals surface area contributed by atoms with Gasteiger partial charge in [-0.3, -0.25) is 5.41 Å². The van der Waals surface area contributed by atoms with Gasteiger partial charge in [-0.1, -0.05) is 42.1 Å². The van der Waals surface area contributed by atoms with Crippen molar-refractivity contribution in [3.8, 4) is 0 Å². The van der Waals surface area contributed by atoms with Crippen molar-refractivity contribution < 1.29 is 0 Å². The second kappa shape index (κ2) is 5.87. The lowest BCUT2D eigenvalue weighted by atomic mass is 10.1. The lowest BCUT2D eigenvalue weighted by Gasteiger charge is -2.23. The number of rotatable bonds is 4. The van der Waals surface area contributed by atoms with Crippen molar-refractivity contribution in [2.24, 2.45) is 5.10 Å². The van der Waals surface area contributed by atoms with Crippen LogP contribution < -0.4 is 0 Å². The van der Waals surface area contributed by atoms with Gasteiger partial charge in [-0.15, -0.1) is 0 Å². The van der Waals surface area contributed by atoms with Gasteiger partial charge in [-0.2, -0.15) is 5.10 Å². The minimum absolute atomic E-state index is 0.573. The molecule has 17 heavy (non-hydrogen) atoms. The minimum Gasteiger partial charge on any atom is -0.277 e. The Morgan fingerprint density at radius 3 is 2.88 bits per heavy atom. The van der Waals surface area contributed by atoms with Gasteiger partial charge in [-0.05, 0) is 25.3 Å². The first-order valence-electron chi connectivity index (χ1n) is 5.82. The fourth-order valence-corrected chi connectivity index (χ4v) is 2.44. The average Bonchev–Trinajstić information content (AvgIpc) is 2.35. The molecule has 0 aromatic heterocycles. The summed E-state index contributed by atoms with van der Waals surface area (Å²) in [6.07, 6.45) is 2.08. The third-order valence-electron chi connectivity index (χ3n) is 2.62. The molecule has 0 fully saturated rings. The second-order valence-electron chi connectivity index (χ2n) is 4.14. The van der Waals surface area contributed by atoms with Crippen LogP contribution in [0.4, 0.5) is 0 Å². The van der Waals surface area contributed by atoms with Gasteiger partial charge in [0, 0.05) is 18.0 Å². The van der Waals surface area contributed by atoms with Crippen molar-refractivity contribution in [2.45, 2.75) is 19.8 Å². The predicted molar refractivity (Wildman–Crippen MR) is 74.8 cm³/mol. The van der Waals surface area contributed by atoms with E-state index in [1.165, 1.54) is 5.56 Å². The van der Waals surface area contributed by atoms with Gasteiger partial charge in [0.15, 0.2) is 5.17 Å². The maximum absolute atomic E-state index is 7.80. The molecule has 0 saturated heterocycles. The van der Waals surface area contributed by atoms with Gasteiger partial charge >= 0.3 is 0 Å². The lowest BCUT2D eigenvalue weighted by molar-refractivity contribution is 0.437. The molecule has 0 bridgehead atoms. The fraction of sp³-hybridized carbons (Fsp3) is 0.385. The summed E-state index contributed by atoms with van der Waals surface area (Å²) < 4.78 is 0. The van der Waals surface area contributed by atoms with E-state index in [4.69, 9.17) is 5.41 Å². The summed E-state index contributed by atoms with van der Waals surface area (Å²) in [6, 6.07) is 10.5. The number of aryl methyl sites for hydroxylation is 1. The molecule has 3 nitrogen and oxygen atoms in total.